The maximum Gasteiger partial charge on any atom is 0.307 e. The van der Waals surface area contributed by atoms with Gasteiger partial charge in [-0.25, -0.2) is 4.68 Å². The van der Waals surface area contributed by atoms with Crippen LogP contribution < -0.4 is 5.56 Å². The number of piperidine rings is 2. The van der Waals surface area contributed by atoms with E-state index in [9.17, 15) is 24.0 Å². The van der Waals surface area contributed by atoms with E-state index in [4.69, 9.17) is 9.47 Å². The summed E-state index contributed by atoms with van der Waals surface area (Å²) < 4.78 is 14.2. The van der Waals surface area contributed by atoms with Crippen LogP contribution in [0.25, 0.3) is 21.8 Å². The van der Waals surface area contributed by atoms with Crippen LogP contribution in [-0.2, 0) is 48.5 Å². The molecule has 14 nitrogen and oxygen atoms in total. The van der Waals surface area contributed by atoms with Gasteiger partial charge < -0.3 is 24.2 Å². The van der Waals surface area contributed by atoms with Crippen LogP contribution in [0.5, 0.6) is 0 Å². The largest absolute Gasteiger partial charge is 0.444 e. The Morgan fingerprint density at radius 1 is 0.787 bits per heavy atom. The lowest BCUT2D eigenvalue weighted by molar-refractivity contribution is -0.148. The number of fused-ring (bicyclic) bond motifs is 2. The van der Waals surface area contributed by atoms with Crippen LogP contribution in [0.4, 0.5) is 0 Å². The molecule has 14 heteroatoms. The first-order valence-corrected chi connectivity index (χ1v) is 22.4. The van der Waals surface area contributed by atoms with E-state index in [0.717, 1.165) is 66.4 Å². The summed E-state index contributed by atoms with van der Waals surface area (Å²) in [5, 5.41) is 6.29. The third-order valence-corrected chi connectivity index (χ3v) is 13.0. The van der Waals surface area contributed by atoms with Gasteiger partial charge in [-0.15, -0.1) is 0 Å². The number of para-hydroxylation sites is 1. The standard InChI is InChI=1S/C47H63N7O7/c1-5-9-43(56)60-31-53-41-12-8-7-11-36(41)28-40(47(53)59)35-13-19-51(20-14-35)42(55)29-37(46(58)52-23-21-50(22-24-52)39-15-17-49(4)18-16-39)26-34-25-33(3)45-38(27-34)30-48-54(45)32-61-44(57)10-6-2/h7-8,11-12,25,27-28,30,35,37,39H,5-6,9-10,13-24,26,29,31-32H2,1-4H3/t37-/m0/s1. The van der Waals surface area contributed by atoms with E-state index in [2.05, 4.69) is 28.0 Å². The van der Waals surface area contributed by atoms with Crippen molar-refractivity contribution in [1.82, 2.24) is 33.9 Å². The molecule has 7 rings (SSSR count). The Balaban J connectivity index is 1.05. The van der Waals surface area contributed by atoms with Crippen LogP contribution in [0.2, 0.25) is 0 Å². The van der Waals surface area contributed by atoms with Crippen molar-refractivity contribution in [3.8, 4) is 0 Å². The first-order chi connectivity index (χ1) is 29.5. The number of carbonyl (C=O) groups is 4. The molecule has 4 aromatic rings. The average molecular weight is 838 g/mol. The first-order valence-electron chi connectivity index (χ1n) is 22.4. The zero-order valence-corrected chi connectivity index (χ0v) is 36.5. The molecule has 0 bridgehead atoms. The number of ether oxygens (including phenoxy) is 2. The molecule has 0 saturated carbocycles. The predicted molar refractivity (Wildman–Crippen MR) is 234 cm³/mol. The minimum Gasteiger partial charge on any atom is -0.444 e. The third kappa shape index (κ3) is 10.5. The number of aryl methyl sites for hydroxylation is 1. The Hall–Kier alpha value is -5.08. The molecule has 2 amide bonds. The minimum absolute atomic E-state index is 0.0129. The molecule has 61 heavy (non-hydrogen) atoms. The monoisotopic (exact) mass is 837 g/mol. The van der Waals surface area contributed by atoms with Gasteiger partial charge in [-0.1, -0.05) is 38.1 Å². The van der Waals surface area contributed by atoms with E-state index in [1.807, 2.05) is 67.0 Å². The van der Waals surface area contributed by atoms with Gasteiger partial charge in [-0.3, -0.25) is 33.4 Å². The number of carbonyl (C=O) groups excluding carboxylic acids is 4. The van der Waals surface area contributed by atoms with Gasteiger partial charge in [-0.2, -0.15) is 5.10 Å². The van der Waals surface area contributed by atoms with E-state index in [1.54, 1.807) is 15.4 Å². The molecule has 0 radical (unpaired) electrons. The van der Waals surface area contributed by atoms with Crippen molar-refractivity contribution in [3.05, 3.63) is 75.7 Å². The van der Waals surface area contributed by atoms with Crippen molar-refractivity contribution < 1.29 is 28.7 Å². The average Bonchev–Trinajstić information content (AvgIpc) is 3.68. The Kier molecular flexibility index (Phi) is 14.6. The lowest BCUT2D eigenvalue weighted by Crippen LogP contribution is -2.55. The summed E-state index contributed by atoms with van der Waals surface area (Å²) in [6, 6.07) is 14.2. The summed E-state index contributed by atoms with van der Waals surface area (Å²) in [7, 11) is 2.17. The van der Waals surface area contributed by atoms with E-state index < -0.39 is 5.92 Å². The molecular weight excluding hydrogens is 775 g/mol. The van der Waals surface area contributed by atoms with Crippen molar-refractivity contribution >= 4 is 45.6 Å². The molecule has 3 aliphatic rings. The quantitative estimate of drug-likeness (QED) is 0.142. The molecular formula is C47H63N7O7. The van der Waals surface area contributed by atoms with Crippen molar-refractivity contribution in [2.24, 2.45) is 5.92 Å². The zero-order valence-electron chi connectivity index (χ0n) is 36.5. The molecule has 328 valence electrons. The third-order valence-electron chi connectivity index (χ3n) is 13.0. The number of aromatic nitrogens is 3. The van der Waals surface area contributed by atoms with Crippen molar-refractivity contribution in [2.75, 3.05) is 59.4 Å². The molecule has 3 saturated heterocycles. The number of esters is 2. The smallest absolute Gasteiger partial charge is 0.307 e. The number of amides is 2. The Morgan fingerprint density at radius 2 is 1.46 bits per heavy atom. The van der Waals surface area contributed by atoms with E-state index in [1.165, 1.54) is 0 Å². The van der Waals surface area contributed by atoms with Gasteiger partial charge in [0, 0.05) is 75.5 Å². The highest BCUT2D eigenvalue weighted by Gasteiger charge is 2.34. The highest BCUT2D eigenvalue weighted by molar-refractivity contribution is 5.87. The van der Waals surface area contributed by atoms with E-state index >= 15 is 0 Å². The molecule has 2 aromatic carbocycles. The molecule has 1 atom stereocenters. The van der Waals surface area contributed by atoms with Gasteiger partial charge >= 0.3 is 11.9 Å². The van der Waals surface area contributed by atoms with E-state index in [-0.39, 0.29) is 55.1 Å². The van der Waals surface area contributed by atoms with Gasteiger partial charge in [0.25, 0.3) is 5.56 Å². The number of hydrogen-bond donors (Lipinski definition) is 0. The summed E-state index contributed by atoms with van der Waals surface area (Å²) in [5.74, 6) is -1.26. The van der Waals surface area contributed by atoms with Crippen LogP contribution in [0.3, 0.4) is 0 Å². The second-order valence-electron chi connectivity index (χ2n) is 17.3. The highest BCUT2D eigenvalue weighted by atomic mass is 16.5. The predicted octanol–water partition coefficient (Wildman–Crippen LogP) is 5.45. The fourth-order valence-electron chi connectivity index (χ4n) is 9.57. The van der Waals surface area contributed by atoms with E-state index in [0.29, 0.717) is 88.2 Å². The second kappa shape index (κ2) is 20.2. The van der Waals surface area contributed by atoms with Gasteiger partial charge in [0.2, 0.25) is 11.8 Å². The maximum atomic E-state index is 14.5. The molecule has 0 unspecified atom stereocenters. The summed E-state index contributed by atoms with van der Waals surface area (Å²) in [6.45, 7) is 11.8. The number of benzene rings is 2. The van der Waals surface area contributed by atoms with Gasteiger partial charge in [0.05, 0.1) is 23.1 Å². The lowest BCUT2D eigenvalue weighted by atomic mass is 9.88. The molecule has 3 fully saturated rings. The summed E-state index contributed by atoms with van der Waals surface area (Å²) in [6.07, 6.45) is 7.79. The molecule has 0 N–H and O–H groups in total. The number of likely N-dealkylation sites (tertiary alicyclic amines) is 2. The second-order valence-corrected chi connectivity index (χ2v) is 17.3. The van der Waals surface area contributed by atoms with Gasteiger partial charge in [0.15, 0.2) is 13.5 Å². The summed E-state index contributed by atoms with van der Waals surface area (Å²) in [5.41, 5.74) is 3.98. The summed E-state index contributed by atoms with van der Waals surface area (Å²) >= 11 is 0. The number of rotatable bonds is 15. The van der Waals surface area contributed by atoms with Crippen LogP contribution in [0.15, 0.2) is 53.5 Å². The van der Waals surface area contributed by atoms with Crippen LogP contribution in [-0.4, -0.2) is 123 Å². The minimum atomic E-state index is -0.551. The van der Waals surface area contributed by atoms with Crippen LogP contribution in [0, 0.1) is 12.8 Å². The maximum absolute atomic E-state index is 14.5. The van der Waals surface area contributed by atoms with Crippen LogP contribution >= 0.6 is 0 Å². The number of hydrogen-bond acceptors (Lipinski definition) is 10. The molecule has 0 spiro atoms. The van der Waals surface area contributed by atoms with Crippen LogP contribution in [0.1, 0.15) is 94.2 Å². The first kappa shape index (κ1) is 44.0. The Labute approximate surface area is 358 Å². The molecule has 5 heterocycles. The fourth-order valence-corrected chi connectivity index (χ4v) is 9.57. The molecule has 2 aromatic heterocycles. The fraction of sp³-hybridized carbons (Fsp3) is 0.574. The highest BCUT2D eigenvalue weighted by Crippen LogP contribution is 2.30. The van der Waals surface area contributed by atoms with Crippen molar-refractivity contribution in [3.63, 3.8) is 0 Å². The van der Waals surface area contributed by atoms with Crippen molar-refractivity contribution in [2.45, 2.75) is 110 Å². The topological polar surface area (TPSA) is 140 Å². The van der Waals surface area contributed by atoms with Gasteiger partial charge in [0.1, 0.15) is 0 Å². The zero-order chi connectivity index (χ0) is 43.0. The van der Waals surface area contributed by atoms with Gasteiger partial charge in [-0.05, 0) is 113 Å². The SMILES string of the molecule is CCCC(=O)OCn1ncc2cc(C[C@@H](CC(=O)N3CCC(c4cc5ccccc5n(COC(=O)CCC)c4=O)CC3)C(=O)N3CCN(C4CCN(C)CC4)CC3)cc(C)c21. The number of piperazine rings is 1. The normalized spacial score (nSPS) is 17.8. The molecule has 0 aliphatic carbocycles. The Morgan fingerprint density at radius 3 is 2.15 bits per heavy atom. The Bertz CT molecular complexity index is 2240. The molecule has 3 aliphatic heterocycles. The summed E-state index contributed by atoms with van der Waals surface area (Å²) in [4.78, 5) is 75.8. The lowest BCUT2D eigenvalue weighted by Gasteiger charge is -2.43. The number of pyridine rings is 1. The number of nitrogens with zero attached hydrogens (tertiary/aromatic N) is 7. The van der Waals surface area contributed by atoms with Crippen molar-refractivity contribution in [1.29, 1.82) is 0 Å².